The summed E-state index contributed by atoms with van der Waals surface area (Å²) in [4.78, 5) is 6.70. The predicted molar refractivity (Wildman–Crippen MR) is 59.8 cm³/mol. The lowest BCUT2D eigenvalue weighted by Gasteiger charge is -2.03. The summed E-state index contributed by atoms with van der Waals surface area (Å²) in [6.45, 7) is 0. The second kappa shape index (κ2) is 4.08. The third-order valence-corrected chi connectivity index (χ3v) is 2.59. The van der Waals surface area contributed by atoms with Crippen molar-refractivity contribution in [3.8, 4) is 11.1 Å². The molecule has 1 N–H and O–H groups in total. The van der Waals surface area contributed by atoms with Crippen molar-refractivity contribution in [2.45, 2.75) is 0 Å². The first kappa shape index (κ1) is 10.3. The summed E-state index contributed by atoms with van der Waals surface area (Å²) in [5, 5.41) is 0.322. The van der Waals surface area contributed by atoms with Crippen molar-refractivity contribution >= 4 is 23.8 Å². The standard InChI is InChI=1S/C10H6ClFN2S/c11-9-3-6(12)1-2-7(9)8-4-13-5-14-10(8)15/h1-5H,(H,13,14,15). The maximum absolute atomic E-state index is 12.8. The molecule has 0 amide bonds. The molecule has 0 radical (unpaired) electrons. The molecule has 2 nitrogen and oxygen atoms in total. The number of H-pyrrole nitrogens is 1. The monoisotopic (exact) mass is 240 g/mol. The van der Waals surface area contributed by atoms with Gasteiger partial charge in [-0.2, -0.15) is 0 Å². The molecule has 1 aromatic heterocycles. The van der Waals surface area contributed by atoms with Crippen LogP contribution in [0.2, 0.25) is 5.02 Å². The Morgan fingerprint density at radius 3 is 2.80 bits per heavy atom. The first-order valence-corrected chi connectivity index (χ1v) is 4.95. The third kappa shape index (κ3) is 2.06. The van der Waals surface area contributed by atoms with Gasteiger partial charge in [-0.05, 0) is 18.2 Å². The van der Waals surface area contributed by atoms with Crippen LogP contribution in [0.3, 0.4) is 0 Å². The van der Waals surface area contributed by atoms with Gasteiger partial charge in [-0.3, -0.25) is 0 Å². The number of rotatable bonds is 1. The average molecular weight is 241 g/mol. The minimum absolute atomic E-state index is 0.322. The van der Waals surface area contributed by atoms with Crippen LogP contribution in [-0.2, 0) is 0 Å². The molecule has 76 valence electrons. The van der Waals surface area contributed by atoms with Gasteiger partial charge in [0.25, 0.3) is 0 Å². The number of nitrogens with one attached hydrogen (secondary N) is 1. The van der Waals surface area contributed by atoms with Crippen LogP contribution < -0.4 is 0 Å². The molecular formula is C10H6ClFN2S. The van der Waals surface area contributed by atoms with Crippen LogP contribution >= 0.6 is 23.8 Å². The maximum atomic E-state index is 12.8. The van der Waals surface area contributed by atoms with E-state index in [2.05, 4.69) is 9.97 Å². The van der Waals surface area contributed by atoms with Gasteiger partial charge < -0.3 is 4.98 Å². The summed E-state index contributed by atoms with van der Waals surface area (Å²) in [6, 6.07) is 4.17. The summed E-state index contributed by atoms with van der Waals surface area (Å²) in [6.07, 6.45) is 3.08. The zero-order chi connectivity index (χ0) is 10.8. The molecule has 0 atom stereocenters. The molecule has 5 heteroatoms. The minimum Gasteiger partial charge on any atom is -0.337 e. The fraction of sp³-hybridized carbons (Fsp3) is 0. The second-order valence-electron chi connectivity index (χ2n) is 2.92. The van der Waals surface area contributed by atoms with Crippen LogP contribution in [0.15, 0.2) is 30.7 Å². The van der Waals surface area contributed by atoms with E-state index in [9.17, 15) is 4.39 Å². The Bertz CT molecular complexity index is 553. The molecule has 15 heavy (non-hydrogen) atoms. The van der Waals surface area contributed by atoms with Crippen LogP contribution in [0, 0.1) is 10.5 Å². The predicted octanol–water partition coefficient (Wildman–Crippen LogP) is 3.60. The smallest absolute Gasteiger partial charge is 0.124 e. The SMILES string of the molecule is Fc1ccc(-c2cnc[nH]c2=S)c(Cl)c1. The van der Waals surface area contributed by atoms with E-state index in [4.69, 9.17) is 23.8 Å². The van der Waals surface area contributed by atoms with Crippen LogP contribution in [0.5, 0.6) is 0 Å². The van der Waals surface area contributed by atoms with E-state index in [0.29, 0.717) is 20.8 Å². The van der Waals surface area contributed by atoms with Crippen molar-refractivity contribution < 1.29 is 4.39 Å². The van der Waals surface area contributed by atoms with Gasteiger partial charge >= 0.3 is 0 Å². The number of aromatic nitrogens is 2. The third-order valence-electron chi connectivity index (χ3n) is 1.94. The Hall–Kier alpha value is -1.26. The molecule has 1 aromatic carbocycles. The number of hydrogen-bond acceptors (Lipinski definition) is 2. The second-order valence-corrected chi connectivity index (χ2v) is 3.73. The lowest BCUT2D eigenvalue weighted by Crippen LogP contribution is -1.86. The maximum Gasteiger partial charge on any atom is 0.124 e. The van der Waals surface area contributed by atoms with Crippen molar-refractivity contribution in [1.29, 1.82) is 0 Å². The molecule has 0 saturated carbocycles. The van der Waals surface area contributed by atoms with Gasteiger partial charge in [0.15, 0.2) is 0 Å². The molecule has 2 rings (SSSR count). The molecule has 1 heterocycles. The number of halogens is 2. The molecular weight excluding hydrogens is 235 g/mol. The average Bonchev–Trinajstić information content (AvgIpc) is 2.20. The highest BCUT2D eigenvalue weighted by molar-refractivity contribution is 7.71. The normalized spacial score (nSPS) is 10.3. The number of benzene rings is 1. The molecule has 0 aliphatic rings. The van der Waals surface area contributed by atoms with E-state index in [1.807, 2.05) is 0 Å². The van der Waals surface area contributed by atoms with Gasteiger partial charge in [0, 0.05) is 17.3 Å². The van der Waals surface area contributed by atoms with Gasteiger partial charge in [0.05, 0.1) is 11.3 Å². The zero-order valence-corrected chi connectivity index (χ0v) is 9.07. The van der Waals surface area contributed by atoms with Crippen molar-refractivity contribution in [3.05, 3.63) is 46.2 Å². The highest BCUT2D eigenvalue weighted by Crippen LogP contribution is 2.27. The van der Waals surface area contributed by atoms with E-state index in [-0.39, 0.29) is 5.82 Å². The lowest BCUT2D eigenvalue weighted by molar-refractivity contribution is 0.628. The fourth-order valence-electron chi connectivity index (χ4n) is 1.24. The van der Waals surface area contributed by atoms with E-state index < -0.39 is 0 Å². The Labute approximate surface area is 95.8 Å². The van der Waals surface area contributed by atoms with Crippen LogP contribution in [0.4, 0.5) is 4.39 Å². The Morgan fingerprint density at radius 2 is 2.13 bits per heavy atom. The topological polar surface area (TPSA) is 28.7 Å². The summed E-state index contributed by atoms with van der Waals surface area (Å²) in [5.74, 6) is -0.373. The van der Waals surface area contributed by atoms with Crippen LogP contribution in [0.25, 0.3) is 11.1 Å². The minimum atomic E-state index is -0.373. The molecule has 0 bridgehead atoms. The molecule has 0 fully saturated rings. The van der Waals surface area contributed by atoms with Crippen molar-refractivity contribution in [3.63, 3.8) is 0 Å². The molecule has 0 saturated heterocycles. The molecule has 0 aliphatic heterocycles. The highest BCUT2D eigenvalue weighted by Gasteiger charge is 2.06. The summed E-state index contributed by atoms with van der Waals surface area (Å²) in [7, 11) is 0. The fourth-order valence-corrected chi connectivity index (χ4v) is 1.73. The van der Waals surface area contributed by atoms with Gasteiger partial charge in [-0.15, -0.1) is 0 Å². The van der Waals surface area contributed by atoms with Crippen molar-refractivity contribution in [1.82, 2.24) is 9.97 Å². The molecule has 0 aliphatic carbocycles. The molecule has 0 unspecified atom stereocenters. The van der Waals surface area contributed by atoms with Gasteiger partial charge in [0.1, 0.15) is 10.5 Å². The molecule has 2 aromatic rings. The number of nitrogens with zero attached hydrogens (tertiary/aromatic N) is 1. The Kier molecular flexibility index (Phi) is 2.79. The lowest BCUT2D eigenvalue weighted by atomic mass is 10.1. The largest absolute Gasteiger partial charge is 0.337 e. The summed E-state index contributed by atoms with van der Waals surface area (Å²) >= 11 is 11.0. The van der Waals surface area contributed by atoms with E-state index in [1.165, 1.54) is 18.5 Å². The van der Waals surface area contributed by atoms with E-state index in [1.54, 1.807) is 12.3 Å². The van der Waals surface area contributed by atoms with Crippen molar-refractivity contribution in [2.75, 3.05) is 0 Å². The van der Waals surface area contributed by atoms with E-state index >= 15 is 0 Å². The van der Waals surface area contributed by atoms with Gasteiger partial charge in [-0.25, -0.2) is 9.37 Å². The first-order chi connectivity index (χ1) is 7.18. The first-order valence-electron chi connectivity index (χ1n) is 4.16. The number of hydrogen-bond donors (Lipinski definition) is 1. The Balaban J connectivity index is 2.65. The zero-order valence-electron chi connectivity index (χ0n) is 7.50. The Morgan fingerprint density at radius 1 is 1.33 bits per heavy atom. The van der Waals surface area contributed by atoms with Gasteiger partial charge in [-0.1, -0.05) is 23.8 Å². The van der Waals surface area contributed by atoms with E-state index in [0.717, 1.165) is 0 Å². The molecule has 0 spiro atoms. The van der Waals surface area contributed by atoms with Gasteiger partial charge in [0.2, 0.25) is 0 Å². The quantitative estimate of drug-likeness (QED) is 0.772. The summed E-state index contributed by atoms with van der Waals surface area (Å²) in [5.41, 5.74) is 1.37. The van der Waals surface area contributed by atoms with Crippen LogP contribution in [0.1, 0.15) is 0 Å². The van der Waals surface area contributed by atoms with Crippen molar-refractivity contribution in [2.24, 2.45) is 0 Å². The summed E-state index contributed by atoms with van der Waals surface area (Å²) < 4.78 is 13.4. The van der Waals surface area contributed by atoms with Crippen LogP contribution in [-0.4, -0.2) is 9.97 Å². The highest BCUT2D eigenvalue weighted by atomic mass is 35.5. The number of aromatic amines is 1.